The van der Waals surface area contributed by atoms with Gasteiger partial charge in [-0.25, -0.2) is 0 Å². The average Bonchev–Trinajstić information content (AvgIpc) is 3.44. The number of rotatable bonds is 6. The van der Waals surface area contributed by atoms with Crippen LogP contribution in [0.25, 0.3) is 0 Å². The molecule has 1 fully saturated rings. The normalized spacial score (nSPS) is 17.4. The fraction of sp³-hybridized carbons (Fsp3) is 0.238. The summed E-state index contributed by atoms with van der Waals surface area (Å²) in [5, 5.41) is 8.19. The van der Waals surface area contributed by atoms with E-state index in [2.05, 4.69) is 16.0 Å². The van der Waals surface area contributed by atoms with Crippen LogP contribution in [-0.4, -0.2) is 23.5 Å². The summed E-state index contributed by atoms with van der Waals surface area (Å²) >= 11 is 0. The molecule has 0 spiro atoms. The number of hydrogen-bond acceptors (Lipinski definition) is 4. The Morgan fingerprint density at radius 1 is 0.750 bits per heavy atom. The van der Waals surface area contributed by atoms with Crippen LogP contribution in [0.3, 0.4) is 0 Å². The van der Waals surface area contributed by atoms with Gasteiger partial charge in [-0.3, -0.25) is 19.2 Å². The first-order chi connectivity index (χ1) is 13.3. The van der Waals surface area contributed by atoms with Gasteiger partial charge in [0.25, 0.3) is 0 Å². The highest BCUT2D eigenvalue weighted by atomic mass is 16.2. The van der Waals surface area contributed by atoms with Crippen LogP contribution >= 0.6 is 0 Å². The van der Waals surface area contributed by atoms with Crippen molar-refractivity contribution in [3.8, 4) is 0 Å². The number of Topliss-reactive ketones (excluding diaryl/α,β-unsaturated/α-hetero) is 1. The molecule has 1 saturated carbocycles. The molecule has 0 aromatic heterocycles. The minimum absolute atomic E-state index is 0.0794. The minimum atomic E-state index is -0.389. The third-order valence-corrected chi connectivity index (χ3v) is 4.47. The molecule has 2 aromatic carbocycles. The van der Waals surface area contributed by atoms with E-state index >= 15 is 0 Å². The number of carbonyl (C=O) groups is 4. The summed E-state index contributed by atoms with van der Waals surface area (Å²) in [6.07, 6.45) is 0.480. The predicted octanol–water partition coefficient (Wildman–Crippen LogP) is 3.06. The molecule has 3 amide bonds. The highest BCUT2D eigenvalue weighted by Crippen LogP contribution is 2.40. The third kappa shape index (κ3) is 4.82. The number of ketones is 1. The quantitative estimate of drug-likeness (QED) is 0.671. The molecular formula is C21H21N3O4. The number of hydrogen-bond donors (Lipinski definition) is 3. The van der Waals surface area contributed by atoms with Gasteiger partial charge in [0.2, 0.25) is 17.7 Å². The Morgan fingerprint density at radius 2 is 1.29 bits per heavy atom. The van der Waals surface area contributed by atoms with Crippen molar-refractivity contribution >= 4 is 40.6 Å². The monoisotopic (exact) mass is 379 g/mol. The van der Waals surface area contributed by atoms with Crippen molar-refractivity contribution in [2.75, 3.05) is 16.0 Å². The summed E-state index contributed by atoms with van der Waals surface area (Å²) in [7, 11) is 0. The van der Waals surface area contributed by atoms with Gasteiger partial charge < -0.3 is 16.0 Å². The van der Waals surface area contributed by atoms with Crippen LogP contribution in [0.15, 0.2) is 48.5 Å². The Morgan fingerprint density at radius 3 is 1.82 bits per heavy atom. The van der Waals surface area contributed by atoms with Gasteiger partial charge in [0, 0.05) is 29.5 Å². The molecule has 2 aromatic rings. The van der Waals surface area contributed by atoms with Gasteiger partial charge in [-0.15, -0.1) is 0 Å². The zero-order valence-electron chi connectivity index (χ0n) is 15.6. The van der Waals surface area contributed by atoms with Crippen molar-refractivity contribution in [3.63, 3.8) is 0 Å². The molecule has 0 saturated heterocycles. The number of nitrogens with one attached hydrogen (secondary N) is 3. The molecule has 2 atom stereocenters. The largest absolute Gasteiger partial charge is 0.326 e. The fourth-order valence-corrected chi connectivity index (χ4v) is 2.90. The van der Waals surface area contributed by atoms with Crippen molar-refractivity contribution in [3.05, 3.63) is 54.1 Å². The predicted molar refractivity (Wildman–Crippen MR) is 106 cm³/mol. The fourth-order valence-electron chi connectivity index (χ4n) is 2.90. The summed E-state index contributed by atoms with van der Waals surface area (Å²) < 4.78 is 0. The van der Waals surface area contributed by atoms with Crippen LogP contribution < -0.4 is 16.0 Å². The Kier molecular flexibility index (Phi) is 5.54. The van der Waals surface area contributed by atoms with Gasteiger partial charge in [0.1, 0.15) is 0 Å². The SMILES string of the molecule is CC(=O)Nc1ccc(NC(=O)C2CC2C(=O)Nc2cccc(C(C)=O)c2)cc1. The van der Waals surface area contributed by atoms with Crippen molar-refractivity contribution in [2.45, 2.75) is 20.3 Å². The highest BCUT2D eigenvalue weighted by Gasteiger charge is 2.48. The summed E-state index contributed by atoms with van der Waals surface area (Å²) in [4.78, 5) is 47.1. The molecule has 28 heavy (non-hydrogen) atoms. The molecule has 0 bridgehead atoms. The first-order valence-corrected chi connectivity index (χ1v) is 8.94. The number of carbonyl (C=O) groups excluding carboxylic acids is 4. The topological polar surface area (TPSA) is 104 Å². The molecule has 3 rings (SSSR count). The lowest BCUT2D eigenvalue weighted by Gasteiger charge is -2.08. The zero-order chi connectivity index (χ0) is 20.3. The van der Waals surface area contributed by atoms with E-state index in [1.165, 1.54) is 13.8 Å². The summed E-state index contributed by atoms with van der Waals surface area (Å²) in [6, 6.07) is 13.5. The van der Waals surface area contributed by atoms with E-state index in [1.54, 1.807) is 48.5 Å². The second-order valence-corrected chi connectivity index (χ2v) is 6.82. The van der Waals surface area contributed by atoms with Crippen molar-refractivity contribution in [1.29, 1.82) is 0 Å². The van der Waals surface area contributed by atoms with Crippen LogP contribution in [0.2, 0.25) is 0 Å². The van der Waals surface area contributed by atoms with E-state index in [1.807, 2.05) is 0 Å². The van der Waals surface area contributed by atoms with Crippen LogP contribution in [0.4, 0.5) is 17.1 Å². The molecule has 144 valence electrons. The number of amides is 3. The lowest BCUT2D eigenvalue weighted by Crippen LogP contribution is -2.20. The first-order valence-electron chi connectivity index (χ1n) is 8.94. The van der Waals surface area contributed by atoms with E-state index in [4.69, 9.17) is 0 Å². The Balaban J connectivity index is 1.53. The van der Waals surface area contributed by atoms with E-state index < -0.39 is 0 Å². The second-order valence-electron chi connectivity index (χ2n) is 6.82. The van der Waals surface area contributed by atoms with Gasteiger partial charge in [0.15, 0.2) is 5.78 Å². The van der Waals surface area contributed by atoms with Crippen LogP contribution in [0.1, 0.15) is 30.6 Å². The summed E-state index contributed by atoms with van der Waals surface area (Å²) in [5.74, 6) is -1.47. The molecule has 2 unspecified atom stereocenters. The van der Waals surface area contributed by atoms with Crippen LogP contribution in [0.5, 0.6) is 0 Å². The summed E-state index contributed by atoms with van der Waals surface area (Å²) in [5.41, 5.74) is 2.30. The highest BCUT2D eigenvalue weighted by molar-refractivity contribution is 6.04. The standard InChI is InChI=1S/C21H21N3O4/c1-12(25)14-4-3-5-17(10-14)24-21(28)19-11-18(19)20(27)23-16-8-6-15(7-9-16)22-13(2)26/h3-10,18-19H,11H2,1-2H3,(H,22,26)(H,23,27)(H,24,28). The van der Waals surface area contributed by atoms with Crippen LogP contribution in [0, 0.1) is 11.8 Å². The van der Waals surface area contributed by atoms with Gasteiger partial charge in [-0.05, 0) is 49.7 Å². The minimum Gasteiger partial charge on any atom is -0.326 e. The maximum Gasteiger partial charge on any atom is 0.228 e. The van der Waals surface area contributed by atoms with E-state index in [0.29, 0.717) is 29.0 Å². The lowest BCUT2D eigenvalue weighted by atomic mass is 10.1. The molecule has 0 aliphatic heterocycles. The summed E-state index contributed by atoms with van der Waals surface area (Å²) in [6.45, 7) is 2.88. The second kappa shape index (κ2) is 8.04. The number of anilines is 3. The van der Waals surface area contributed by atoms with Crippen molar-refractivity contribution < 1.29 is 19.2 Å². The smallest absolute Gasteiger partial charge is 0.228 e. The Hall–Kier alpha value is -3.48. The maximum absolute atomic E-state index is 12.4. The van der Waals surface area contributed by atoms with Gasteiger partial charge >= 0.3 is 0 Å². The molecular weight excluding hydrogens is 358 g/mol. The average molecular weight is 379 g/mol. The van der Waals surface area contributed by atoms with Crippen LogP contribution in [-0.2, 0) is 14.4 Å². The van der Waals surface area contributed by atoms with Crippen molar-refractivity contribution in [2.24, 2.45) is 11.8 Å². The first kappa shape index (κ1) is 19.3. The zero-order valence-corrected chi connectivity index (χ0v) is 15.6. The van der Waals surface area contributed by atoms with Gasteiger partial charge in [-0.1, -0.05) is 12.1 Å². The van der Waals surface area contributed by atoms with Crippen molar-refractivity contribution in [1.82, 2.24) is 0 Å². The molecule has 1 aliphatic rings. The molecule has 7 nitrogen and oxygen atoms in total. The van der Waals surface area contributed by atoms with E-state index in [-0.39, 0.29) is 35.3 Å². The molecule has 1 aliphatic carbocycles. The third-order valence-electron chi connectivity index (χ3n) is 4.47. The van der Waals surface area contributed by atoms with Gasteiger partial charge in [-0.2, -0.15) is 0 Å². The molecule has 0 radical (unpaired) electrons. The molecule has 7 heteroatoms. The van der Waals surface area contributed by atoms with E-state index in [0.717, 1.165) is 0 Å². The van der Waals surface area contributed by atoms with E-state index in [9.17, 15) is 19.2 Å². The molecule has 0 heterocycles. The van der Waals surface area contributed by atoms with Gasteiger partial charge in [0.05, 0.1) is 11.8 Å². The molecule has 3 N–H and O–H groups in total. The Labute approximate surface area is 162 Å². The lowest BCUT2D eigenvalue weighted by molar-refractivity contribution is -0.122. The number of benzene rings is 2. The Bertz CT molecular complexity index is 937. The maximum atomic E-state index is 12.4.